The number of unbranched alkanes of at least 4 members (excludes halogenated alkanes) is 13. The van der Waals surface area contributed by atoms with Crippen LogP contribution in [0, 0.1) is 0 Å². The van der Waals surface area contributed by atoms with Gasteiger partial charge in [0.25, 0.3) is 0 Å². The van der Waals surface area contributed by atoms with Gasteiger partial charge in [0.1, 0.15) is 6.61 Å². The van der Waals surface area contributed by atoms with Crippen molar-refractivity contribution in [2.45, 2.75) is 174 Å². The minimum Gasteiger partial charge on any atom is -0.462 e. The molecule has 0 bridgehead atoms. The average Bonchev–Trinajstić information content (AvgIpc) is 3.12. The number of hydrogen-bond acceptors (Lipinski definition) is 5. The summed E-state index contributed by atoms with van der Waals surface area (Å²) in [5, 5.41) is 9.55. The molecule has 0 aromatic carbocycles. The number of allylic oxidation sites excluding steroid dienone is 14. The van der Waals surface area contributed by atoms with E-state index in [1.54, 1.807) is 0 Å². The van der Waals surface area contributed by atoms with E-state index in [1.165, 1.54) is 64.2 Å². The van der Waals surface area contributed by atoms with Crippen molar-refractivity contribution in [3.63, 3.8) is 0 Å². The third-order valence-electron chi connectivity index (χ3n) is 8.20. The van der Waals surface area contributed by atoms with E-state index in [0.29, 0.717) is 12.8 Å². The van der Waals surface area contributed by atoms with Crippen molar-refractivity contribution in [2.24, 2.45) is 0 Å². The first-order valence-electron chi connectivity index (χ1n) is 20.1. The Morgan fingerprint density at radius 2 is 0.860 bits per heavy atom. The maximum atomic E-state index is 12.2. The van der Waals surface area contributed by atoms with Gasteiger partial charge in [-0.15, -0.1) is 0 Å². The fraction of sp³-hybridized carbons (Fsp3) is 0.644. The van der Waals surface area contributed by atoms with E-state index < -0.39 is 6.10 Å². The van der Waals surface area contributed by atoms with Gasteiger partial charge in [0.15, 0.2) is 6.10 Å². The standard InChI is InChI=1S/C45H74O5/c1-3-5-7-9-11-13-15-17-18-19-20-21-22-23-24-25-26-28-30-32-34-36-38-40-45(48)50-43(41-46)42-49-44(47)39-37-35-33-31-29-27-16-14-12-10-8-6-4-2/h5,7,11,13,17-18,20-21,23-24,26,28,32,34,43,46H,3-4,6,8-10,12,14-16,19,22,25,27,29-31,33,35-42H2,1-2H3/b7-5-,13-11-,18-17-,21-20-,24-23-,28-26-,34-32-. The molecule has 50 heavy (non-hydrogen) atoms. The molecule has 0 saturated heterocycles. The molecule has 5 heteroatoms. The molecule has 0 aliphatic heterocycles. The third-order valence-corrected chi connectivity index (χ3v) is 8.20. The molecule has 0 spiro atoms. The van der Waals surface area contributed by atoms with Crippen molar-refractivity contribution in [3.8, 4) is 0 Å². The molecule has 1 unspecified atom stereocenters. The van der Waals surface area contributed by atoms with Crippen molar-refractivity contribution in [1.29, 1.82) is 0 Å². The van der Waals surface area contributed by atoms with Gasteiger partial charge in [-0.2, -0.15) is 0 Å². The summed E-state index contributed by atoms with van der Waals surface area (Å²) < 4.78 is 10.6. The van der Waals surface area contributed by atoms with Gasteiger partial charge in [-0.25, -0.2) is 0 Å². The van der Waals surface area contributed by atoms with E-state index in [2.05, 4.69) is 98.9 Å². The number of rotatable bonds is 35. The largest absolute Gasteiger partial charge is 0.462 e. The van der Waals surface area contributed by atoms with Gasteiger partial charge >= 0.3 is 11.9 Å². The number of ether oxygens (including phenoxy) is 2. The summed E-state index contributed by atoms with van der Waals surface area (Å²) in [6, 6.07) is 0. The van der Waals surface area contributed by atoms with E-state index in [-0.39, 0.29) is 31.6 Å². The SMILES string of the molecule is CC/C=C\C/C=C\C/C=C\C/C=C\C/C=C\C/C=C\C/C=C\CCCC(=O)OC(CO)COC(=O)CCCCCCCCCCCCCCC. The quantitative estimate of drug-likeness (QED) is 0.0406. The summed E-state index contributed by atoms with van der Waals surface area (Å²) in [6.45, 7) is 3.96. The van der Waals surface area contributed by atoms with Gasteiger partial charge in [0, 0.05) is 12.8 Å². The third kappa shape index (κ3) is 37.9. The zero-order valence-corrected chi connectivity index (χ0v) is 32.1. The molecule has 5 nitrogen and oxygen atoms in total. The average molecular weight is 695 g/mol. The van der Waals surface area contributed by atoms with Crippen molar-refractivity contribution in [2.75, 3.05) is 13.2 Å². The van der Waals surface area contributed by atoms with E-state index in [0.717, 1.165) is 70.6 Å². The molecule has 0 aliphatic rings. The van der Waals surface area contributed by atoms with Crippen LogP contribution in [0.1, 0.15) is 168 Å². The van der Waals surface area contributed by atoms with Gasteiger partial charge < -0.3 is 14.6 Å². The zero-order chi connectivity index (χ0) is 36.4. The number of aliphatic hydroxyl groups excluding tert-OH is 1. The van der Waals surface area contributed by atoms with Crippen molar-refractivity contribution in [1.82, 2.24) is 0 Å². The van der Waals surface area contributed by atoms with Crippen LogP contribution < -0.4 is 0 Å². The monoisotopic (exact) mass is 695 g/mol. The molecule has 0 aromatic rings. The Bertz CT molecular complexity index is 968. The lowest BCUT2D eigenvalue weighted by Gasteiger charge is -2.15. The molecular weight excluding hydrogens is 620 g/mol. The van der Waals surface area contributed by atoms with Crippen LogP contribution in [0.3, 0.4) is 0 Å². The molecule has 0 aliphatic carbocycles. The van der Waals surface area contributed by atoms with Crippen molar-refractivity contribution >= 4 is 11.9 Å². The molecule has 0 rings (SSSR count). The molecule has 0 saturated carbocycles. The van der Waals surface area contributed by atoms with Crippen molar-refractivity contribution < 1.29 is 24.2 Å². The molecule has 0 amide bonds. The Kier molecular flexibility index (Phi) is 38.1. The van der Waals surface area contributed by atoms with Gasteiger partial charge in [0.05, 0.1) is 6.61 Å². The Balaban J connectivity index is 3.72. The number of carbonyl (C=O) groups is 2. The molecule has 284 valence electrons. The second-order valence-electron chi connectivity index (χ2n) is 13.0. The van der Waals surface area contributed by atoms with Gasteiger partial charge in [-0.3, -0.25) is 9.59 Å². The number of carbonyl (C=O) groups excluding carboxylic acids is 2. The van der Waals surface area contributed by atoms with Crippen LogP contribution in [0.4, 0.5) is 0 Å². The van der Waals surface area contributed by atoms with Gasteiger partial charge in [-0.05, 0) is 64.2 Å². The maximum Gasteiger partial charge on any atom is 0.306 e. The summed E-state index contributed by atoms with van der Waals surface area (Å²) in [7, 11) is 0. The lowest BCUT2D eigenvalue weighted by molar-refractivity contribution is -0.161. The minimum absolute atomic E-state index is 0.0919. The van der Waals surface area contributed by atoms with Crippen LogP contribution in [-0.4, -0.2) is 36.4 Å². The fourth-order valence-corrected chi connectivity index (χ4v) is 5.19. The maximum absolute atomic E-state index is 12.2. The summed E-state index contributed by atoms with van der Waals surface area (Å²) >= 11 is 0. The Hall–Kier alpha value is -2.92. The van der Waals surface area contributed by atoms with Crippen molar-refractivity contribution in [3.05, 3.63) is 85.1 Å². The van der Waals surface area contributed by atoms with Gasteiger partial charge in [0.2, 0.25) is 0 Å². The highest BCUT2D eigenvalue weighted by molar-refractivity contribution is 5.70. The Labute approximate surface area is 307 Å². The Morgan fingerprint density at radius 1 is 0.480 bits per heavy atom. The summed E-state index contributed by atoms with van der Waals surface area (Å²) in [4.78, 5) is 24.2. The first-order valence-corrected chi connectivity index (χ1v) is 20.1. The topological polar surface area (TPSA) is 72.8 Å². The first-order chi connectivity index (χ1) is 24.6. The lowest BCUT2D eigenvalue weighted by atomic mass is 10.0. The van der Waals surface area contributed by atoms with E-state index in [4.69, 9.17) is 9.47 Å². The first kappa shape index (κ1) is 47.1. The molecular formula is C45H74O5. The van der Waals surface area contributed by atoms with Crippen LogP contribution in [0.25, 0.3) is 0 Å². The normalized spacial score (nSPS) is 13.1. The second kappa shape index (κ2) is 40.5. The zero-order valence-electron chi connectivity index (χ0n) is 32.1. The molecule has 0 radical (unpaired) electrons. The fourth-order valence-electron chi connectivity index (χ4n) is 5.19. The molecule has 1 atom stereocenters. The van der Waals surface area contributed by atoms with E-state index in [1.807, 2.05) is 0 Å². The van der Waals surface area contributed by atoms with Crippen LogP contribution in [0.5, 0.6) is 0 Å². The smallest absolute Gasteiger partial charge is 0.306 e. The molecule has 0 aromatic heterocycles. The van der Waals surface area contributed by atoms with E-state index in [9.17, 15) is 14.7 Å². The molecule has 0 heterocycles. The number of esters is 2. The highest BCUT2D eigenvalue weighted by Crippen LogP contribution is 2.13. The predicted molar refractivity (Wildman–Crippen MR) is 214 cm³/mol. The summed E-state index contributed by atoms with van der Waals surface area (Å²) in [5.41, 5.74) is 0. The van der Waals surface area contributed by atoms with Crippen LogP contribution in [0.2, 0.25) is 0 Å². The lowest BCUT2D eigenvalue weighted by Crippen LogP contribution is -2.28. The highest BCUT2D eigenvalue weighted by atomic mass is 16.6. The highest BCUT2D eigenvalue weighted by Gasteiger charge is 2.15. The van der Waals surface area contributed by atoms with E-state index >= 15 is 0 Å². The predicted octanol–water partition coefficient (Wildman–Crippen LogP) is 12.7. The molecule has 0 fully saturated rings. The summed E-state index contributed by atoms with van der Waals surface area (Å²) in [5.74, 6) is -0.665. The minimum atomic E-state index is -0.804. The number of hydrogen-bond donors (Lipinski definition) is 1. The van der Waals surface area contributed by atoms with Crippen LogP contribution in [0.15, 0.2) is 85.1 Å². The Morgan fingerprint density at radius 3 is 1.28 bits per heavy atom. The number of aliphatic hydroxyl groups is 1. The molecule has 1 N–H and O–H groups in total. The summed E-state index contributed by atoms with van der Waals surface area (Å²) in [6.07, 6.45) is 55.0. The van der Waals surface area contributed by atoms with Crippen LogP contribution in [-0.2, 0) is 19.1 Å². The second-order valence-corrected chi connectivity index (χ2v) is 13.0. The van der Waals surface area contributed by atoms with Gasteiger partial charge in [-0.1, -0.05) is 176 Å². The van der Waals surface area contributed by atoms with Crippen LogP contribution >= 0.6 is 0 Å².